The van der Waals surface area contributed by atoms with Crippen LogP contribution in [0.5, 0.6) is 0 Å². The zero-order chi connectivity index (χ0) is 12.7. The van der Waals surface area contributed by atoms with E-state index < -0.39 is 0 Å². The van der Waals surface area contributed by atoms with Crippen molar-refractivity contribution in [2.45, 2.75) is 6.92 Å². The summed E-state index contributed by atoms with van der Waals surface area (Å²) in [6.45, 7) is 7.40. The van der Waals surface area contributed by atoms with E-state index in [1.807, 2.05) is 17.9 Å². The summed E-state index contributed by atoms with van der Waals surface area (Å²) in [7, 11) is 1.64. The lowest BCUT2D eigenvalue weighted by atomic mass is 10.3. The Hall–Kier alpha value is -1.93. The molecule has 0 saturated heterocycles. The fraction of sp³-hybridized carbons (Fsp3) is 0.417. The summed E-state index contributed by atoms with van der Waals surface area (Å²) < 4.78 is 5.03. The number of hydrogen-bond donors (Lipinski definition) is 0. The molecule has 5 heteroatoms. The maximum absolute atomic E-state index is 8.87. The maximum Gasteiger partial charge on any atom is 0.227 e. The summed E-state index contributed by atoms with van der Waals surface area (Å²) in [5.41, 5.74) is 1.15. The molecule has 0 N–H and O–H groups in total. The average Bonchev–Trinajstić information content (AvgIpc) is 2.33. The van der Waals surface area contributed by atoms with Crippen molar-refractivity contribution in [2.24, 2.45) is 0 Å². The average molecular weight is 232 g/mol. The Balaban J connectivity index is 2.96. The van der Waals surface area contributed by atoms with E-state index in [1.165, 1.54) is 0 Å². The molecule has 5 nitrogen and oxygen atoms in total. The molecule has 0 aromatic carbocycles. The Bertz CT molecular complexity index is 425. The second-order valence-electron chi connectivity index (χ2n) is 3.53. The molecule has 0 aliphatic heterocycles. The van der Waals surface area contributed by atoms with Gasteiger partial charge in [-0.25, -0.2) is 9.97 Å². The largest absolute Gasteiger partial charge is 0.383 e. The van der Waals surface area contributed by atoms with Gasteiger partial charge in [0.2, 0.25) is 5.95 Å². The number of aromatic nitrogens is 2. The Labute approximate surface area is 101 Å². The molecule has 0 bridgehead atoms. The van der Waals surface area contributed by atoms with E-state index in [-0.39, 0.29) is 0 Å². The van der Waals surface area contributed by atoms with Gasteiger partial charge in [0.1, 0.15) is 11.8 Å². The van der Waals surface area contributed by atoms with Crippen molar-refractivity contribution in [2.75, 3.05) is 31.7 Å². The van der Waals surface area contributed by atoms with E-state index in [0.717, 1.165) is 5.69 Å². The van der Waals surface area contributed by atoms with Crippen LogP contribution < -0.4 is 4.90 Å². The lowest BCUT2D eigenvalue weighted by Gasteiger charge is -2.20. The third-order valence-corrected chi connectivity index (χ3v) is 2.15. The van der Waals surface area contributed by atoms with Gasteiger partial charge in [0, 0.05) is 25.9 Å². The highest BCUT2D eigenvalue weighted by Gasteiger charge is 2.09. The zero-order valence-corrected chi connectivity index (χ0v) is 10.2. The van der Waals surface area contributed by atoms with E-state index in [1.54, 1.807) is 19.3 Å². The Morgan fingerprint density at radius 1 is 1.59 bits per heavy atom. The molecule has 1 rings (SSSR count). The Morgan fingerprint density at radius 3 is 2.94 bits per heavy atom. The molecule has 0 atom stereocenters. The van der Waals surface area contributed by atoms with Crippen molar-refractivity contribution in [3.05, 3.63) is 30.1 Å². The topological polar surface area (TPSA) is 62.0 Å². The van der Waals surface area contributed by atoms with Gasteiger partial charge in [-0.3, -0.25) is 0 Å². The number of nitrogens with zero attached hydrogens (tertiary/aromatic N) is 4. The first-order chi connectivity index (χ1) is 8.21. The van der Waals surface area contributed by atoms with E-state index in [2.05, 4.69) is 16.5 Å². The summed E-state index contributed by atoms with van der Waals surface area (Å²) in [5.74, 6) is 0.540. The summed E-state index contributed by atoms with van der Waals surface area (Å²) in [6, 6.07) is 3.69. The molecule has 1 heterocycles. The second-order valence-corrected chi connectivity index (χ2v) is 3.53. The molecule has 0 radical (unpaired) electrons. The number of methoxy groups -OCH3 is 1. The molecule has 0 fully saturated rings. The minimum atomic E-state index is 0.374. The predicted molar refractivity (Wildman–Crippen MR) is 65.8 cm³/mol. The fourth-order valence-electron chi connectivity index (χ4n) is 1.38. The molecule has 0 unspecified atom stereocenters. The van der Waals surface area contributed by atoms with Crippen molar-refractivity contribution in [1.29, 1.82) is 5.26 Å². The van der Waals surface area contributed by atoms with E-state index >= 15 is 0 Å². The van der Waals surface area contributed by atoms with Crippen molar-refractivity contribution in [3.63, 3.8) is 0 Å². The molecule has 17 heavy (non-hydrogen) atoms. The quantitative estimate of drug-likeness (QED) is 0.692. The summed E-state index contributed by atoms with van der Waals surface area (Å²) >= 11 is 0. The van der Waals surface area contributed by atoms with Crippen LogP contribution in [0.2, 0.25) is 0 Å². The van der Waals surface area contributed by atoms with Crippen LogP contribution in [0.3, 0.4) is 0 Å². The van der Waals surface area contributed by atoms with Gasteiger partial charge in [-0.1, -0.05) is 6.08 Å². The molecule has 1 aromatic rings. The van der Waals surface area contributed by atoms with Crippen LogP contribution in [0.25, 0.3) is 0 Å². The number of rotatable bonds is 6. The first kappa shape index (κ1) is 13.1. The molecule has 1 aromatic heterocycles. The van der Waals surface area contributed by atoms with Crippen molar-refractivity contribution in [1.82, 2.24) is 9.97 Å². The van der Waals surface area contributed by atoms with Gasteiger partial charge < -0.3 is 9.64 Å². The number of anilines is 1. The van der Waals surface area contributed by atoms with Crippen LogP contribution in [0.15, 0.2) is 18.7 Å². The van der Waals surface area contributed by atoms with Crippen molar-refractivity contribution < 1.29 is 4.74 Å². The molecule has 0 amide bonds. The fourth-order valence-corrected chi connectivity index (χ4v) is 1.38. The molecule has 0 aliphatic carbocycles. The zero-order valence-electron chi connectivity index (χ0n) is 10.2. The van der Waals surface area contributed by atoms with Crippen molar-refractivity contribution >= 4 is 5.95 Å². The van der Waals surface area contributed by atoms with Gasteiger partial charge in [0.15, 0.2) is 0 Å². The van der Waals surface area contributed by atoms with Crippen LogP contribution in [-0.2, 0) is 4.74 Å². The standard InChI is InChI=1S/C12H16N4O/c1-4-5-16(6-7-17-3)12-14-10(2)8-11(9-13)15-12/h4,8H,1,5-7H2,2-3H3. The van der Waals surface area contributed by atoms with Gasteiger partial charge in [0.05, 0.1) is 6.61 Å². The van der Waals surface area contributed by atoms with Gasteiger partial charge >= 0.3 is 0 Å². The van der Waals surface area contributed by atoms with Crippen LogP contribution in [-0.4, -0.2) is 36.8 Å². The summed E-state index contributed by atoms with van der Waals surface area (Å²) in [5, 5.41) is 8.87. The van der Waals surface area contributed by atoms with Gasteiger partial charge in [-0.05, 0) is 13.0 Å². The molecule has 0 spiro atoms. The highest BCUT2D eigenvalue weighted by Crippen LogP contribution is 2.09. The SMILES string of the molecule is C=CCN(CCOC)c1nc(C)cc(C#N)n1. The summed E-state index contributed by atoms with van der Waals surface area (Å²) in [4.78, 5) is 10.4. The molecule has 0 aliphatic rings. The van der Waals surface area contributed by atoms with Gasteiger partial charge in [-0.15, -0.1) is 6.58 Å². The van der Waals surface area contributed by atoms with E-state index in [0.29, 0.717) is 31.3 Å². The van der Waals surface area contributed by atoms with Crippen LogP contribution in [0.1, 0.15) is 11.4 Å². The molecular formula is C12H16N4O. The molecule has 0 saturated carbocycles. The molecular weight excluding hydrogens is 216 g/mol. The van der Waals surface area contributed by atoms with Gasteiger partial charge in [0.25, 0.3) is 0 Å². The minimum absolute atomic E-state index is 0.374. The normalized spacial score (nSPS) is 9.71. The minimum Gasteiger partial charge on any atom is -0.383 e. The smallest absolute Gasteiger partial charge is 0.227 e. The summed E-state index contributed by atoms with van der Waals surface area (Å²) in [6.07, 6.45) is 1.77. The predicted octanol–water partition coefficient (Wildman–Crippen LogP) is 1.30. The number of ether oxygens (including phenoxy) is 1. The third kappa shape index (κ3) is 3.85. The van der Waals surface area contributed by atoms with Crippen LogP contribution in [0, 0.1) is 18.3 Å². The number of aryl methyl sites for hydroxylation is 1. The number of nitriles is 1. The Kier molecular flexibility index (Phi) is 5.11. The first-order valence-electron chi connectivity index (χ1n) is 5.31. The van der Waals surface area contributed by atoms with E-state index in [9.17, 15) is 0 Å². The lowest BCUT2D eigenvalue weighted by Crippen LogP contribution is -2.29. The van der Waals surface area contributed by atoms with Gasteiger partial charge in [-0.2, -0.15) is 5.26 Å². The Morgan fingerprint density at radius 2 is 2.35 bits per heavy atom. The lowest BCUT2D eigenvalue weighted by molar-refractivity contribution is 0.205. The monoisotopic (exact) mass is 232 g/mol. The maximum atomic E-state index is 8.87. The van der Waals surface area contributed by atoms with Crippen LogP contribution in [0.4, 0.5) is 5.95 Å². The third-order valence-electron chi connectivity index (χ3n) is 2.15. The second kappa shape index (κ2) is 6.61. The van der Waals surface area contributed by atoms with Crippen molar-refractivity contribution in [3.8, 4) is 6.07 Å². The van der Waals surface area contributed by atoms with E-state index in [4.69, 9.17) is 10.00 Å². The first-order valence-corrected chi connectivity index (χ1v) is 5.31. The highest BCUT2D eigenvalue weighted by atomic mass is 16.5. The van der Waals surface area contributed by atoms with Crippen LogP contribution >= 0.6 is 0 Å². The highest BCUT2D eigenvalue weighted by molar-refractivity contribution is 5.36. The molecule has 90 valence electrons. The number of hydrogen-bond acceptors (Lipinski definition) is 5.